The number of benzene rings is 2. The minimum absolute atomic E-state index is 0.0975. The Morgan fingerprint density at radius 3 is 2.43 bits per heavy atom. The van der Waals surface area contributed by atoms with Crippen molar-refractivity contribution < 1.29 is 13.6 Å². The number of fused-ring (bicyclic) bond motifs is 1. The van der Waals surface area contributed by atoms with Gasteiger partial charge in [-0.3, -0.25) is 4.79 Å². The largest absolute Gasteiger partial charge is 0.394 e. The Morgan fingerprint density at radius 2 is 1.71 bits per heavy atom. The van der Waals surface area contributed by atoms with E-state index in [1.165, 1.54) is 11.1 Å². The topological polar surface area (TPSA) is 55.1 Å². The summed E-state index contributed by atoms with van der Waals surface area (Å²) in [6.07, 6.45) is 3.16. The Hall–Kier alpha value is -2.43. The van der Waals surface area contributed by atoms with Gasteiger partial charge in [-0.25, -0.2) is 8.78 Å². The summed E-state index contributed by atoms with van der Waals surface area (Å²) in [7, 11) is 0. The molecule has 0 radical (unpaired) electrons. The first-order valence-electron chi connectivity index (χ1n) is 6.72. The van der Waals surface area contributed by atoms with Gasteiger partial charge in [-0.2, -0.15) is 0 Å². The van der Waals surface area contributed by atoms with Gasteiger partial charge in [0.1, 0.15) is 17.3 Å². The molecule has 0 atom stereocenters. The summed E-state index contributed by atoms with van der Waals surface area (Å²) in [5, 5.41) is 2.65. The molecule has 21 heavy (non-hydrogen) atoms. The Kier molecular flexibility index (Phi) is 3.33. The van der Waals surface area contributed by atoms with Gasteiger partial charge in [-0.15, -0.1) is 0 Å². The van der Waals surface area contributed by atoms with E-state index in [-0.39, 0.29) is 5.56 Å². The van der Waals surface area contributed by atoms with Gasteiger partial charge in [0.05, 0.1) is 0 Å². The SMILES string of the molecule is Nc1c(F)cc(C(=O)Nc2ccc3c(c2)CCC3)cc1F. The number of nitrogens with two attached hydrogens (primary N) is 1. The lowest BCUT2D eigenvalue weighted by Crippen LogP contribution is -2.13. The molecule has 3 rings (SSSR count). The molecule has 1 aliphatic carbocycles. The van der Waals surface area contributed by atoms with Gasteiger partial charge in [0.25, 0.3) is 5.91 Å². The van der Waals surface area contributed by atoms with Crippen molar-refractivity contribution in [3.63, 3.8) is 0 Å². The van der Waals surface area contributed by atoms with Crippen LogP contribution in [0.25, 0.3) is 0 Å². The molecule has 0 fully saturated rings. The third kappa shape index (κ3) is 2.59. The first-order valence-corrected chi connectivity index (χ1v) is 6.72. The molecule has 0 aliphatic heterocycles. The van der Waals surface area contributed by atoms with Crippen molar-refractivity contribution >= 4 is 17.3 Å². The summed E-state index contributed by atoms with van der Waals surface area (Å²) in [6.45, 7) is 0. The number of anilines is 2. The van der Waals surface area contributed by atoms with E-state index in [0.29, 0.717) is 5.69 Å². The minimum Gasteiger partial charge on any atom is -0.394 e. The fraction of sp³-hybridized carbons (Fsp3) is 0.188. The van der Waals surface area contributed by atoms with E-state index in [0.717, 1.165) is 31.4 Å². The van der Waals surface area contributed by atoms with Gasteiger partial charge in [0.15, 0.2) is 0 Å². The molecular formula is C16H14F2N2O. The predicted octanol–water partition coefficient (Wildman–Crippen LogP) is 3.29. The monoisotopic (exact) mass is 288 g/mol. The van der Waals surface area contributed by atoms with Crippen LogP contribution in [0.2, 0.25) is 0 Å². The van der Waals surface area contributed by atoms with Crippen molar-refractivity contribution in [3.05, 3.63) is 58.7 Å². The molecule has 108 valence electrons. The predicted molar refractivity (Wildman–Crippen MR) is 77.2 cm³/mol. The fourth-order valence-corrected chi connectivity index (χ4v) is 2.57. The summed E-state index contributed by atoms with van der Waals surface area (Å²) in [4.78, 5) is 12.0. The molecule has 0 aromatic heterocycles. The van der Waals surface area contributed by atoms with Crippen molar-refractivity contribution in [2.75, 3.05) is 11.1 Å². The fourth-order valence-electron chi connectivity index (χ4n) is 2.57. The van der Waals surface area contributed by atoms with Crippen molar-refractivity contribution in [2.45, 2.75) is 19.3 Å². The molecule has 3 N–H and O–H groups in total. The second kappa shape index (κ2) is 5.16. The molecular weight excluding hydrogens is 274 g/mol. The van der Waals surface area contributed by atoms with Gasteiger partial charge >= 0.3 is 0 Å². The number of carbonyl (C=O) groups excluding carboxylic acids is 1. The second-order valence-electron chi connectivity index (χ2n) is 5.14. The summed E-state index contributed by atoms with van der Waals surface area (Å²) in [5.74, 6) is -2.44. The molecule has 5 heteroatoms. The lowest BCUT2D eigenvalue weighted by Gasteiger charge is -2.08. The molecule has 0 saturated heterocycles. The minimum atomic E-state index is -0.936. The van der Waals surface area contributed by atoms with Crippen LogP contribution in [0.5, 0.6) is 0 Å². The maximum atomic E-state index is 13.4. The molecule has 0 spiro atoms. The van der Waals surface area contributed by atoms with E-state index in [1.807, 2.05) is 12.1 Å². The molecule has 2 aromatic carbocycles. The Morgan fingerprint density at radius 1 is 1.05 bits per heavy atom. The lowest BCUT2D eigenvalue weighted by molar-refractivity contribution is 0.102. The Bertz CT molecular complexity index is 705. The van der Waals surface area contributed by atoms with E-state index >= 15 is 0 Å². The molecule has 0 heterocycles. The van der Waals surface area contributed by atoms with Crippen LogP contribution in [-0.2, 0) is 12.8 Å². The van der Waals surface area contributed by atoms with E-state index in [1.54, 1.807) is 6.07 Å². The second-order valence-corrected chi connectivity index (χ2v) is 5.14. The van der Waals surface area contributed by atoms with Crippen LogP contribution in [0, 0.1) is 11.6 Å². The van der Waals surface area contributed by atoms with Crippen molar-refractivity contribution in [1.29, 1.82) is 0 Å². The van der Waals surface area contributed by atoms with Gasteiger partial charge in [-0.1, -0.05) is 6.07 Å². The van der Waals surface area contributed by atoms with Crippen molar-refractivity contribution in [1.82, 2.24) is 0 Å². The highest BCUT2D eigenvalue weighted by Crippen LogP contribution is 2.25. The zero-order chi connectivity index (χ0) is 15.0. The molecule has 0 unspecified atom stereocenters. The summed E-state index contributed by atoms with van der Waals surface area (Å²) in [6, 6.07) is 7.54. The number of nitrogen functional groups attached to an aromatic ring is 1. The van der Waals surface area contributed by atoms with Crippen molar-refractivity contribution in [2.24, 2.45) is 0 Å². The van der Waals surface area contributed by atoms with Crippen LogP contribution in [0.3, 0.4) is 0 Å². The van der Waals surface area contributed by atoms with E-state index in [4.69, 9.17) is 5.73 Å². The molecule has 3 nitrogen and oxygen atoms in total. The zero-order valence-corrected chi connectivity index (χ0v) is 11.2. The molecule has 1 amide bonds. The highest BCUT2D eigenvalue weighted by atomic mass is 19.1. The number of aryl methyl sites for hydroxylation is 2. The number of nitrogens with one attached hydrogen (secondary N) is 1. The van der Waals surface area contributed by atoms with Crippen LogP contribution in [0.4, 0.5) is 20.2 Å². The molecule has 1 aliphatic rings. The summed E-state index contributed by atoms with van der Waals surface area (Å²) in [5.41, 5.74) is 7.63. The van der Waals surface area contributed by atoms with Crippen LogP contribution < -0.4 is 11.1 Å². The molecule has 0 bridgehead atoms. The maximum Gasteiger partial charge on any atom is 0.255 e. The quantitative estimate of drug-likeness (QED) is 0.833. The zero-order valence-electron chi connectivity index (χ0n) is 11.2. The average molecular weight is 288 g/mol. The first kappa shape index (κ1) is 13.5. The number of halogens is 2. The number of carbonyl (C=O) groups is 1. The van der Waals surface area contributed by atoms with Gasteiger partial charge in [0.2, 0.25) is 0 Å². The van der Waals surface area contributed by atoms with Crippen LogP contribution in [0.1, 0.15) is 27.9 Å². The average Bonchev–Trinajstić information content (AvgIpc) is 2.91. The molecule has 2 aromatic rings. The van der Waals surface area contributed by atoms with E-state index in [2.05, 4.69) is 5.32 Å². The number of hydrogen-bond donors (Lipinski definition) is 2. The standard InChI is InChI=1S/C16H14F2N2O/c17-13-7-11(8-14(18)15(13)19)16(21)20-12-5-4-9-2-1-3-10(9)6-12/h4-8H,1-3,19H2,(H,20,21). The molecule has 0 saturated carbocycles. The Labute approximate surface area is 120 Å². The van der Waals surface area contributed by atoms with E-state index in [9.17, 15) is 13.6 Å². The van der Waals surface area contributed by atoms with Gasteiger partial charge in [-0.05, 0) is 54.7 Å². The van der Waals surface area contributed by atoms with Crippen molar-refractivity contribution in [3.8, 4) is 0 Å². The first-order chi connectivity index (χ1) is 10.0. The summed E-state index contributed by atoms with van der Waals surface area (Å²) < 4.78 is 26.7. The van der Waals surface area contributed by atoms with Crippen LogP contribution in [0.15, 0.2) is 30.3 Å². The third-order valence-corrected chi connectivity index (χ3v) is 3.70. The number of amides is 1. The highest BCUT2D eigenvalue weighted by molar-refractivity contribution is 6.04. The number of rotatable bonds is 2. The number of hydrogen-bond acceptors (Lipinski definition) is 2. The van der Waals surface area contributed by atoms with Gasteiger partial charge < -0.3 is 11.1 Å². The van der Waals surface area contributed by atoms with Crippen LogP contribution >= 0.6 is 0 Å². The normalized spacial score (nSPS) is 13.0. The van der Waals surface area contributed by atoms with Gasteiger partial charge in [0, 0.05) is 11.3 Å². The lowest BCUT2D eigenvalue weighted by atomic mass is 10.1. The van der Waals surface area contributed by atoms with E-state index < -0.39 is 23.2 Å². The maximum absolute atomic E-state index is 13.4. The summed E-state index contributed by atoms with van der Waals surface area (Å²) >= 11 is 0. The van der Waals surface area contributed by atoms with Crippen LogP contribution in [-0.4, -0.2) is 5.91 Å². The highest BCUT2D eigenvalue weighted by Gasteiger charge is 2.15. The Balaban J connectivity index is 1.83. The smallest absolute Gasteiger partial charge is 0.255 e. The third-order valence-electron chi connectivity index (χ3n) is 3.70.